The molecule has 0 aliphatic carbocycles. The Bertz CT molecular complexity index is 1100. The van der Waals surface area contributed by atoms with E-state index in [-0.39, 0.29) is 11.6 Å². The van der Waals surface area contributed by atoms with Gasteiger partial charge in [-0.15, -0.1) is 0 Å². The molecule has 6 heteroatoms. The van der Waals surface area contributed by atoms with E-state index in [2.05, 4.69) is 20.6 Å². The largest absolute Gasteiger partial charge is 0.457 e. The number of carbonyl (C=O) groups is 1. The predicted molar refractivity (Wildman–Crippen MR) is 117 cm³/mol. The highest BCUT2D eigenvalue weighted by atomic mass is 16.5. The van der Waals surface area contributed by atoms with Gasteiger partial charge in [0.25, 0.3) is 5.91 Å². The Labute approximate surface area is 174 Å². The fraction of sp³-hybridized carbons (Fsp3) is 0.0417. The van der Waals surface area contributed by atoms with E-state index in [1.54, 1.807) is 36.5 Å². The molecule has 0 aliphatic rings. The molecule has 0 spiro atoms. The molecule has 0 saturated heterocycles. The number of rotatable bonds is 7. The molecule has 0 radical (unpaired) electrons. The lowest BCUT2D eigenvalue weighted by Gasteiger charge is -2.09. The Kier molecular flexibility index (Phi) is 5.96. The summed E-state index contributed by atoms with van der Waals surface area (Å²) in [6.45, 7) is 0.578. The summed E-state index contributed by atoms with van der Waals surface area (Å²) in [6, 6.07) is 28.2. The normalized spacial score (nSPS) is 10.3. The average Bonchev–Trinajstić information content (AvgIpc) is 2.80. The van der Waals surface area contributed by atoms with Crippen molar-refractivity contribution in [3.63, 3.8) is 0 Å². The Morgan fingerprint density at radius 3 is 2.20 bits per heavy atom. The third-order valence-corrected chi connectivity index (χ3v) is 4.27. The van der Waals surface area contributed by atoms with E-state index in [1.165, 1.54) is 0 Å². The molecule has 1 heterocycles. The highest BCUT2D eigenvalue weighted by Crippen LogP contribution is 2.22. The smallest absolute Gasteiger partial charge is 0.274 e. The molecule has 0 bridgehead atoms. The number of hydrogen-bond donors (Lipinski definition) is 2. The minimum absolute atomic E-state index is 0.283. The van der Waals surface area contributed by atoms with Gasteiger partial charge < -0.3 is 15.4 Å². The molecular formula is C24H20N4O2. The van der Waals surface area contributed by atoms with Gasteiger partial charge in [-0.1, -0.05) is 48.5 Å². The molecule has 1 aromatic heterocycles. The van der Waals surface area contributed by atoms with E-state index in [9.17, 15) is 4.79 Å². The van der Waals surface area contributed by atoms with Gasteiger partial charge in [0.1, 0.15) is 17.2 Å². The van der Waals surface area contributed by atoms with Crippen molar-refractivity contribution >= 4 is 17.5 Å². The van der Waals surface area contributed by atoms with Gasteiger partial charge in [0, 0.05) is 18.4 Å². The summed E-state index contributed by atoms with van der Waals surface area (Å²) in [5, 5.41) is 5.97. The summed E-state index contributed by atoms with van der Waals surface area (Å²) >= 11 is 0. The van der Waals surface area contributed by atoms with Crippen molar-refractivity contribution in [2.24, 2.45) is 0 Å². The zero-order chi connectivity index (χ0) is 20.6. The number of hydrogen-bond acceptors (Lipinski definition) is 5. The van der Waals surface area contributed by atoms with E-state index in [4.69, 9.17) is 4.74 Å². The maximum atomic E-state index is 12.6. The second-order valence-corrected chi connectivity index (χ2v) is 6.50. The van der Waals surface area contributed by atoms with Crippen LogP contribution in [0.3, 0.4) is 0 Å². The molecule has 0 fully saturated rings. The quantitative estimate of drug-likeness (QED) is 0.453. The zero-order valence-corrected chi connectivity index (χ0v) is 16.2. The average molecular weight is 396 g/mol. The molecular weight excluding hydrogens is 376 g/mol. The van der Waals surface area contributed by atoms with Gasteiger partial charge in [0.15, 0.2) is 0 Å². The summed E-state index contributed by atoms with van der Waals surface area (Å²) in [6.07, 6.45) is 1.56. The van der Waals surface area contributed by atoms with E-state index in [0.717, 1.165) is 11.3 Å². The summed E-state index contributed by atoms with van der Waals surface area (Å²) in [4.78, 5) is 21.0. The minimum atomic E-state index is -0.308. The third kappa shape index (κ3) is 5.20. The Balaban J connectivity index is 1.36. The zero-order valence-electron chi connectivity index (χ0n) is 16.2. The van der Waals surface area contributed by atoms with Crippen LogP contribution in [0.25, 0.3) is 0 Å². The maximum absolute atomic E-state index is 12.6. The second kappa shape index (κ2) is 9.34. The number of benzene rings is 3. The van der Waals surface area contributed by atoms with Crippen LogP contribution in [0.5, 0.6) is 11.5 Å². The topological polar surface area (TPSA) is 76.1 Å². The van der Waals surface area contributed by atoms with Crippen LogP contribution in [-0.4, -0.2) is 15.9 Å². The lowest BCUT2D eigenvalue weighted by molar-refractivity contribution is 0.102. The number of nitrogens with zero attached hydrogens (tertiary/aromatic N) is 2. The molecule has 0 aliphatic heterocycles. The molecule has 0 atom stereocenters. The van der Waals surface area contributed by atoms with Crippen molar-refractivity contribution in [2.75, 3.05) is 10.6 Å². The number of nitrogens with one attached hydrogen (secondary N) is 2. The molecule has 1 amide bonds. The van der Waals surface area contributed by atoms with Crippen molar-refractivity contribution in [1.29, 1.82) is 0 Å². The lowest BCUT2D eigenvalue weighted by Crippen LogP contribution is -2.15. The van der Waals surface area contributed by atoms with Gasteiger partial charge in [-0.05, 0) is 48.0 Å². The number of aromatic nitrogens is 2. The van der Waals surface area contributed by atoms with E-state index in [0.29, 0.717) is 23.9 Å². The van der Waals surface area contributed by atoms with Crippen LogP contribution in [0.4, 0.5) is 11.6 Å². The van der Waals surface area contributed by atoms with Crippen molar-refractivity contribution in [3.8, 4) is 11.5 Å². The lowest BCUT2D eigenvalue weighted by atomic mass is 10.2. The number of anilines is 2. The Hall–Kier alpha value is -4.19. The Morgan fingerprint density at radius 1 is 0.800 bits per heavy atom. The van der Waals surface area contributed by atoms with Crippen LogP contribution in [0.1, 0.15) is 16.1 Å². The number of amides is 1. The number of carbonyl (C=O) groups excluding carboxylic acids is 1. The van der Waals surface area contributed by atoms with E-state index in [1.807, 2.05) is 60.7 Å². The van der Waals surface area contributed by atoms with Crippen LogP contribution in [0, 0.1) is 0 Å². The summed E-state index contributed by atoms with van der Waals surface area (Å²) < 4.78 is 5.76. The molecule has 4 rings (SSSR count). The van der Waals surface area contributed by atoms with E-state index < -0.39 is 0 Å². The van der Waals surface area contributed by atoms with Crippen LogP contribution in [-0.2, 0) is 6.54 Å². The summed E-state index contributed by atoms with van der Waals surface area (Å²) in [5.41, 5.74) is 2.04. The monoisotopic (exact) mass is 396 g/mol. The van der Waals surface area contributed by atoms with Crippen LogP contribution < -0.4 is 15.4 Å². The van der Waals surface area contributed by atoms with Gasteiger partial charge in [-0.3, -0.25) is 4.79 Å². The van der Waals surface area contributed by atoms with Gasteiger partial charge >= 0.3 is 0 Å². The summed E-state index contributed by atoms with van der Waals surface area (Å²) in [7, 11) is 0. The van der Waals surface area contributed by atoms with Crippen LogP contribution in [0.15, 0.2) is 97.2 Å². The predicted octanol–water partition coefficient (Wildman–Crippen LogP) is 5.13. The van der Waals surface area contributed by atoms with Crippen molar-refractivity contribution in [1.82, 2.24) is 9.97 Å². The van der Waals surface area contributed by atoms with Gasteiger partial charge in [0.05, 0.1) is 0 Å². The first kappa shape index (κ1) is 19.1. The maximum Gasteiger partial charge on any atom is 0.274 e. The Morgan fingerprint density at radius 2 is 1.47 bits per heavy atom. The van der Waals surface area contributed by atoms with Gasteiger partial charge in [-0.25, -0.2) is 9.97 Å². The molecule has 4 aromatic rings. The first-order valence-electron chi connectivity index (χ1n) is 9.51. The minimum Gasteiger partial charge on any atom is -0.457 e. The fourth-order valence-electron chi connectivity index (χ4n) is 2.77. The SMILES string of the molecule is O=C(Nc1ccc(Oc2ccccc2)cc1)c1ccnc(NCc2ccccc2)n1. The third-order valence-electron chi connectivity index (χ3n) is 4.27. The molecule has 3 aromatic carbocycles. The highest BCUT2D eigenvalue weighted by Gasteiger charge is 2.09. The molecule has 6 nitrogen and oxygen atoms in total. The molecule has 148 valence electrons. The fourth-order valence-corrected chi connectivity index (χ4v) is 2.77. The standard InChI is InChI=1S/C24H20N4O2/c29-23(22-15-16-25-24(28-22)26-17-18-7-3-1-4-8-18)27-19-11-13-21(14-12-19)30-20-9-5-2-6-10-20/h1-16H,17H2,(H,27,29)(H,25,26,28). The first-order valence-corrected chi connectivity index (χ1v) is 9.51. The molecule has 30 heavy (non-hydrogen) atoms. The number of ether oxygens (including phenoxy) is 1. The van der Waals surface area contributed by atoms with E-state index >= 15 is 0 Å². The first-order chi connectivity index (χ1) is 14.8. The van der Waals surface area contributed by atoms with Crippen molar-refractivity contribution < 1.29 is 9.53 Å². The van der Waals surface area contributed by atoms with Crippen LogP contribution in [0.2, 0.25) is 0 Å². The molecule has 0 saturated carbocycles. The van der Waals surface area contributed by atoms with Gasteiger partial charge in [0.2, 0.25) is 5.95 Å². The van der Waals surface area contributed by atoms with Crippen LogP contribution >= 0.6 is 0 Å². The second-order valence-electron chi connectivity index (χ2n) is 6.50. The van der Waals surface area contributed by atoms with Crippen molar-refractivity contribution in [3.05, 3.63) is 108 Å². The molecule has 0 unspecified atom stereocenters. The highest BCUT2D eigenvalue weighted by molar-refractivity contribution is 6.02. The van der Waals surface area contributed by atoms with Crippen molar-refractivity contribution in [2.45, 2.75) is 6.54 Å². The van der Waals surface area contributed by atoms with Gasteiger partial charge in [-0.2, -0.15) is 0 Å². The number of para-hydroxylation sites is 1. The molecule has 2 N–H and O–H groups in total. The summed E-state index contributed by atoms with van der Waals surface area (Å²) in [5.74, 6) is 1.54.